The SMILES string of the molecule is CN(c1ccc(Oc2ccccc2)cc1)C1CCNC1. The molecule has 1 N–H and O–H groups in total. The third kappa shape index (κ3) is 2.94. The molecule has 3 heteroatoms. The van der Waals surface area contributed by atoms with Crippen LogP contribution in [0, 0.1) is 0 Å². The maximum Gasteiger partial charge on any atom is 0.127 e. The van der Waals surface area contributed by atoms with Gasteiger partial charge in [0.15, 0.2) is 0 Å². The molecule has 20 heavy (non-hydrogen) atoms. The predicted molar refractivity (Wildman–Crippen MR) is 82.6 cm³/mol. The second-order valence-corrected chi connectivity index (χ2v) is 5.17. The van der Waals surface area contributed by atoms with Crippen molar-refractivity contribution in [2.45, 2.75) is 12.5 Å². The van der Waals surface area contributed by atoms with Gasteiger partial charge in [-0.25, -0.2) is 0 Å². The molecule has 1 unspecified atom stereocenters. The van der Waals surface area contributed by atoms with Gasteiger partial charge in [0.1, 0.15) is 11.5 Å². The van der Waals surface area contributed by atoms with E-state index in [0.29, 0.717) is 6.04 Å². The third-order valence-electron chi connectivity index (χ3n) is 3.80. The van der Waals surface area contributed by atoms with Gasteiger partial charge in [-0.2, -0.15) is 0 Å². The molecule has 1 fully saturated rings. The molecule has 0 radical (unpaired) electrons. The lowest BCUT2D eigenvalue weighted by molar-refractivity contribution is 0.482. The Balaban J connectivity index is 1.68. The van der Waals surface area contributed by atoms with E-state index >= 15 is 0 Å². The highest BCUT2D eigenvalue weighted by Crippen LogP contribution is 2.25. The number of ether oxygens (including phenoxy) is 1. The Morgan fingerprint density at radius 3 is 2.35 bits per heavy atom. The zero-order valence-electron chi connectivity index (χ0n) is 11.8. The van der Waals surface area contributed by atoms with Crippen LogP contribution in [0.3, 0.4) is 0 Å². The van der Waals surface area contributed by atoms with Crippen LogP contribution < -0.4 is 15.0 Å². The van der Waals surface area contributed by atoms with E-state index in [2.05, 4.69) is 29.4 Å². The monoisotopic (exact) mass is 268 g/mol. The molecule has 1 saturated heterocycles. The molecule has 1 heterocycles. The van der Waals surface area contributed by atoms with Crippen LogP contribution in [0.5, 0.6) is 11.5 Å². The van der Waals surface area contributed by atoms with Crippen molar-refractivity contribution in [3.05, 3.63) is 54.6 Å². The molecule has 1 aliphatic heterocycles. The molecular formula is C17H20N2O. The first-order valence-electron chi connectivity index (χ1n) is 7.09. The molecule has 0 amide bonds. The largest absolute Gasteiger partial charge is 0.457 e. The summed E-state index contributed by atoms with van der Waals surface area (Å²) in [5, 5.41) is 3.40. The molecule has 104 valence electrons. The summed E-state index contributed by atoms with van der Waals surface area (Å²) in [6, 6.07) is 18.8. The number of para-hydroxylation sites is 1. The Kier molecular flexibility index (Phi) is 3.88. The molecule has 1 aliphatic rings. The number of likely N-dealkylation sites (N-methyl/N-ethyl adjacent to an activating group) is 1. The first-order valence-corrected chi connectivity index (χ1v) is 7.09. The zero-order chi connectivity index (χ0) is 13.8. The molecule has 0 saturated carbocycles. The normalized spacial score (nSPS) is 17.9. The highest BCUT2D eigenvalue weighted by Gasteiger charge is 2.19. The zero-order valence-corrected chi connectivity index (χ0v) is 11.8. The molecule has 0 bridgehead atoms. The van der Waals surface area contributed by atoms with Crippen LogP contribution in [0.1, 0.15) is 6.42 Å². The molecule has 0 aromatic heterocycles. The van der Waals surface area contributed by atoms with E-state index in [1.807, 2.05) is 42.5 Å². The molecule has 3 rings (SSSR count). The lowest BCUT2D eigenvalue weighted by Crippen LogP contribution is -2.33. The number of rotatable bonds is 4. The van der Waals surface area contributed by atoms with Crippen LogP contribution in [0.2, 0.25) is 0 Å². The molecule has 0 spiro atoms. The van der Waals surface area contributed by atoms with Crippen LogP contribution in [-0.2, 0) is 0 Å². The van der Waals surface area contributed by atoms with Gasteiger partial charge in [-0.1, -0.05) is 18.2 Å². The van der Waals surface area contributed by atoms with Gasteiger partial charge in [0.25, 0.3) is 0 Å². The van der Waals surface area contributed by atoms with Crippen molar-refractivity contribution >= 4 is 5.69 Å². The van der Waals surface area contributed by atoms with Gasteiger partial charge in [-0.05, 0) is 49.4 Å². The van der Waals surface area contributed by atoms with E-state index in [-0.39, 0.29) is 0 Å². The van der Waals surface area contributed by atoms with Gasteiger partial charge in [-0.3, -0.25) is 0 Å². The fourth-order valence-corrected chi connectivity index (χ4v) is 2.55. The lowest BCUT2D eigenvalue weighted by Gasteiger charge is -2.26. The molecule has 2 aromatic carbocycles. The molecule has 2 aromatic rings. The fourth-order valence-electron chi connectivity index (χ4n) is 2.55. The number of hydrogen-bond acceptors (Lipinski definition) is 3. The van der Waals surface area contributed by atoms with Crippen molar-refractivity contribution < 1.29 is 4.74 Å². The van der Waals surface area contributed by atoms with Crippen LogP contribution in [0.25, 0.3) is 0 Å². The highest BCUT2D eigenvalue weighted by molar-refractivity contribution is 5.50. The summed E-state index contributed by atoms with van der Waals surface area (Å²) < 4.78 is 5.81. The topological polar surface area (TPSA) is 24.5 Å². The van der Waals surface area contributed by atoms with Crippen molar-refractivity contribution in [3.63, 3.8) is 0 Å². The predicted octanol–water partition coefficient (Wildman–Crippen LogP) is 3.28. The van der Waals surface area contributed by atoms with E-state index in [9.17, 15) is 0 Å². The number of nitrogens with zero attached hydrogens (tertiary/aromatic N) is 1. The Hall–Kier alpha value is -2.00. The third-order valence-corrected chi connectivity index (χ3v) is 3.80. The number of anilines is 1. The van der Waals surface area contributed by atoms with E-state index in [1.54, 1.807) is 0 Å². The molecule has 1 atom stereocenters. The van der Waals surface area contributed by atoms with E-state index in [4.69, 9.17) is 4.74 Å². The fraction of sp³-hybridized carbons (Fsp3) is 0.294. The summed E-state index contributed by atoms with van der Waals surface area (Å²) in [5.41, 5.74) is 1.24. The van der Waals surface area contributed by atoms with Crippen molar-refractivity contribution in [2.24, 2.45) is 0 Å². The van der Waals surface area contributed by atoms with Crippen LogP contribution >= 0.6 is 0 Å². The first kappa shape index (κ1) is 13.0. The molecule has 3 nitrogen and oxygen atoms in total. The van der Waals surface area contributed by atoms with Crippen LogP contribution in [0.15, 0.2) is 54.6 Å². The summed E-state index contributed by atoms with van der Waals surface area (Å²) in [5.74, 6) is 1.74. The Labute approximate surface area is 120 Å². The minimum absolute atomic E-state index is 0.593. The van der Waals surface area contributed by atoms with Crippen molar-refractivity contribution in [1.82, 2.24) is 5.32 Å². The average Bonchev–Trinajstić information content (AvgIpc) is 3.03. The van der Waals surface area contributed by atoms with Gasteiger partial charge in [0.2, 0.25) is 0 Å². The van der Waals surface area contributed by atoms with Gasteiger partial charge in [-0.15, -0.1) is 0 Å². The summed E-state index contributed by atoms with van der Waals surface area (Å²) in [6.45, 7) is 2.18. The maximum absolute atomic E-state index is 5.81. The lowest BCUT2D eigenvalue weighted by atomic mass is 10.2. The van der Waals surface area contributed by atoms with Gasteiger partial charge in [0.05, 0.1) is 0 Å². The second-order valence-electron chi connectivity index (χ2n) is 5.17. The minimum Gasteiger partial charge on any atom is -0.457 e. The highest BCUT2D eigenvalue weighted by atomic mass is 16.5. The van der Waals surface area contributed by atoms with Crippen molar-refractivity contribution in [3.8, 4) is 11.5 Å². The Bertz CT molecular complexity index is 533. The Morgan fingerprint density at radius 2 is 1.70 bits per heavy atom. The van der Waals surface area contributed by atoms with E-state index in [0.717, 1.165) is 24.6 Å². The second kappa shape index (κ2) is 5.97. The quantitative estimate of drug-likeness (QED) is 0.921. The average molecular weight is 268 g/mol. The number of nitrogens with one attached hydrogen (secondary N) is 1. The summed E-state index contributed by atoms with van der Waals surface area (Å²) in [7, 11) is 2.16. The van der Waals surface area contributed by atoms with Crippen molar-refractivity contribution in [1.29, 1.82) is 0 Å². The van der Waals surface area contributed by atoms with Gasteiger partial charge >= 0.3 is 0 Å². The molecule has 0 aliphatic carbocycles. The summed E-state index contributed by atoms with van der Waals surface area (Å²) in [4.78, 5) is 2.34. The summed E-state index contributed by atoms with van der Waals surface area (Å²) >= 11 is 0. The van der Waals surface area contributed by atoms with Gasteiger partial charge in [0, 0.05) is 25.3 Å². The number of hydrogen-bond donors (Lipinski definition) is 1. The first-order chi connectivity index (χ1) is 9.83. The Morgan fingerprint density at radius 1 is 1.00 bits per heavy atom. The van der Waals surface area contributed by atoms with E-state index < -0.39 is 0 Å². The van der Waals surface area contributed by atoms with Gasteiger partial charge < -0.3 is 15.0 Å². The maximum atomic E-state index is 5.81. The summed E-state index contributed by atoms with van der Waals surface area (Å²) in [6.07, 6.45) is 1.21. The van der Waals surface area contributed by atoms with Crippen molar-refractivity contribution in [2.75, 3.05) is 25.0 Å². The van der Waals surface area contributed by atoms with Crippen LogP contribution in [-0.4, -0.2) is 26.2 Å². The number of benzene rings is 2. The standard InChI is InChI=1S/C17H20N2O/c1-19(15-11-12-18-13-15)14-7-9-17(10-8-14)20-16-5-3-2-4-6-16/h2-10,15,18H,11-13H2,1H3. The minimum atomic E-state index is 0.593. The smallest absolute Gasteiger partial charge is 0.127 e. The molecular weight excluding hydrogens is 248 g/mol. The van der Waals surface area contributed by atoms with E-state index in [1.165, 1.54) is 12.1 Å². The van der Waals surface area contributed by atoms with Crippen LogP contribution in [0.4, 0.5) is 5.69 Å².